The first-order valence-electron chi connectivity index (χ1n) is 8.10. The van der Waals surface area contributed by atoms with E-state index < -0.39 is 30.4 Å². The van der Waals surface area contributed by atoms with Crippen LogP contribution in [0.2, 0.25) is 0 Å². The van der Waals surface area contributed by atoms with Gasteiger partial charge in [0, 0.05) is 26.1 Å². The van der Waals surface area contributed by atoms with E-state index >= 15 is 0 Å². The largest absolute Gasteiger partial charge is 0.497 e. The van der Waals surface area contributed by atoms with E-state index in [0.29, 0.717) is 17.2 Å². The van der Waals surface area contributed by atoms with E-state index in [0.717, 1.165) is 0 Å². The van der Waals surface area contributed by atoms with Gasteiger partial charge in [-0.1, -0.05) is 0 Å². The lowest BCUT2D eigenvalue weighted by Crippen LogP contribution is -2.40. The Morgan fingerprint density at radius 2 is 1.96 bits per heavy atom. The van der Waals surface area contributed by atoms with Gasteiger partial charge < -0.3 is 24.4 Å². The highest BCUT2D eigenvalue weighted by Gasteiger charge is 2.37. The van der Waals surface area contributed by atoms with E-state index in [1.807, 2.05) is 5.32 Å². The molecule has 1 aliphatic rings. The molecule has 27 heavy (non-hydrogen) atoms. The van der Waals surface area contributed by atoms with Crippen molar-refractivity contribution in [3.05, 3.63) is 18.2 Å². The molecule has 1 atom stereocenters. The van der Waals surface area contributed by atoms with Crippen molar-refractivity contribution < 1.29 is 33.4 Å². The van der Waals surface area contributed by atoms with Crippen molar-refractivity contribution in [1.82, 2.24) is 10.6 Å². The number of amides is 4. The molecule has 1 saturated heterocycles. The predicted octanol–water partition coefficient (Wildman–Crippen LogP) is 0.0555. The molecule has 0 aliphatic carbocycles. The second-order valence-electron chi connectivity index (χ2n) is 5.68. The first kappa shape index (κ1) is 20.0. The molecule has 1 aliphatic heterocycles. The molecule has 2 N–H and O–H groups in total. The summed E-state index contributed by atoms with van der Waals surface area (Å²) in [6.45, 7) is -0.514. The number of benzene rings is 1. The summed E-state index contributed by atoms with van der Waals surface area (Å²) in [5.41, 5.74) is 0.510. The fourth-order valence-electron chi connectivity index (χ4n) is 2.59. The molecule has 1 aromatic carbocycles. The Hall–Kier alpha value is -3.30. The van der Waals surface area contributed by atoms with E-state index in [1.165, 1.54) is 26.2 Å². The highest BCUT2D eigenvalue weighted by atomic mass is 16.5. The minimum Gasteiger partial charge on any atom is -0.497 e. The number of ether oxygens (including phenoxy) is 3. The zero-order chi connectivity index (χ0) is 20.0. The summed E-state index contributed by atoms with van der Waals surface area (Å²) in [6, 6.07) is 4.28. The number of rotatable bonds is 6. The number of carbonyl (C=O) groups is 4. The van der Waals surface area contributed by atoms with Crippen LogP contribution in [0.4, 0.5) is 10.5 Å². The summed E-state index contributed by atoms with van der Waals surface area (Å²) in [6.07, 6.45) is -0.0505. The molecule has 1 heterocycles. The van der Waals surface area contributed by atoms with Gasteiger partial charge in [-0.3, -0.25) is 19.7 Å². The first-order chi connectivity index (χ1) is 12.9. The van der Waals surface area contributed by atoms with Gasteiger partial charge in [-0.05, 0) is 12.1 Å². The Kier molecular flexibility index (Phi) is 6.58. The average Bonchev–Trinajstić information content (AvgIpc) is 3.06. The minimum absolute atomic E-state index is 0.0505. The first-order valence-corrected chi connectivity index (χ1v) is 8.10. The van der Waals surface area contributed by atoms with Crippen molar-refractivity contribution in [1.29, 1.82) is 0 Å². The molecule has 2 rings (SSSR count). The lowest BCUT2D eigenvalue weighted by molar-refractivity contribution is -0.152. The number of imide groups is 1. The van der Waals surface area contributed by atoms with Crippen molar-refractivity contribution in [3.8, 4) is 11.5 Å². The summed E-state index contributed by atoms with van der Waals surface area (Å²) >= 11 is 0. The molecule has 10 heteroatoms. The maximum atomic E-state index is 12.3. The summed E-state index contributed by atoms with van der Waals surface area (Å²) in [4.78, 5) is 48.4. The van der Waals surface area contributed by atoms with Gasteiger partial charge in [0.15, 0.2) is 6.61 Å². The number of anilines is 1. The Balaban J connectivity index is 1.99. The average molecular weight is 379 g/mol. The number of hydrogen-bond acceptors (Lipinski definition) is 7. The van der Waals surface area contributed by atoms with Crippen LogP contribution in [0.15, 0.2) is 18.2 Å². The summed E-state index contributed by atoms with van der Waals surface area (Å²) in [5, 5.41) is 4.18. The zero-order valence-corrected chi connectivity index (χ0v) is 15.2. The Labute approximate surface area is 155 Å². The van der Waals surface area contributed by atoms with Crippen LogP contribution in [0.3, 0.4) is 0 Å². The van der Waals surface area contributed by atoms with Gasteiger partial charge in [0.1, 0.15) is 11.5 Å². The number of carbonyl (C=O) groups excluding carboxylic acids is 4. The topological polar surface area (TPSA) is 123 Å². The third kappa shape index (κ3) is 4.87. The van der Waals surface area contributed by atoms with Gasteiger partial charge in [-0.25, -0.2) is 4.79 Å². The smallest absolute Gasteiger partial charge is 0.321 e. The van der Waals surface area contributed by atoms with Crippen molar-refractivity contribution >= 4 is 29.5 Å². The van der Waals surface area contributed by atoms with Crippen LogP contribution in [0, 0.1) is 5.92 Å². The van der Waals surface area contributed by atoms with E-state index in [1.54, 1.807) is 18.2 Å². The standard InChI is InChI=1S/C17H21N3O7/c1-18-17(24)19-14(21)9-27-16(23)10-6-15(22)20(8-10)12-5-4-11(25-2)7-13(12)26-3/h4-5,7,10H,6,8-9H2,1-3H3,(H2,18,19,21,24)/t10-/m0/s1. The number of esters is 1. The molecule has 1 aromatic rings. The zero-order valence-electron chi connectivity index (χ0n) is 15.2. The van der Waals surface area contributed by atoms with Crippen LogP contribution in [0.25, 0.3) is 0 Å². The molecule has 0 saturated carbocycles. The second kappa shape index (κ2) is 8.88. The Morgan fingerprint density at radius 1 is 1.22 bits per heavy atom. The van der Waals surface area contributed by atoms with Gasteiger partial charge in [0.25, 0.3) is 5.91 Å². The third-order valence-electron chi connectivity index (χ3n) is 3.96. The molecule has 146 valence electrons. The second-order valence-corrected chi connectivity index (χ2v) is 5.68. The highest BCUT2D eigenvalue weighted by Crippen LogP contribution is 2.35. The molecule has 0 aromatic heterocycles. The normalized spacial score (nSPS) is 15.9. The number of methoxy groups -OCH3 is 2. The molecule has 0 unspecified atom stereocenters. The van der Waals surface area contributed by atoms with Crippen LogP contribution in [0.5, 0.6) is 11.5 Å². The summed E-state index contributed by atoms with van der Waals surface area (Å²) in [5.74, 6) is -1.44. The van der Waals surface area contributed by atoms with Crippen LogP contribution < -0.4 is 25.0 Å². The number of nitrogens with zero attached hydrogens (tertiary/aromatic N) is 1. The number of nitrogens with one attached hydrogen (secondary N) is 2. The van der Waals surface area contributed by atoms with E-state index in [4.69, 9.17) is 14.2 Å². The molecular formula is C17H21N3O7. The van der Waals surface area contributed by atoms with Crippen LogP contribution in [-0.4, -0.2) is 58.2 Å². The fraction of sp³-hybridized carbons (Fsp3) is 0.412. The number of hydrogen-bond donors (Lipinski definition) is 2. The molecule has 10 nitrogen and oxygen atoms in total. The van der Waals surface area contributed by atoms with Gasteiger partial charge in [0.05, 0.1) is 25.8 Å². The van der Waals surface area contributed by atoms with Crippen LogP contribution >= 0.6 is 0 Å². The lowest BCUT2D eigenvalue weighted by Gasteiger charge is -2.20. The molecule has 0 spiro atoms. The van der Waals surface area contributed by atoms with Gasteiger partial charge in [-0.15, -0.1) is 0 Å². The van der Waals surface area contributed by atoms with Crippen LogP contribution in [-0.2, 0) is 19.1 Å². The van der Waals surface area contributed by atoms with Crippen molar-refractivity contribution in [2.45, 2.75) is 6.42 Å². The van der Waals surface area contributed by atoms with Gasteiger partial charge >= 0.3 is 12.0 Å². The van der Waals surface area contributed by atoms with E-state index in [9.17, 15) is 19.2 Å². The Morgan fingerprint density at radius 3 is 2.59 bits per heavy atom. The highest BCUT2D eigenvalue weighted by molar-refractivity contribution is 6.01. The fourth-order valence-corrected chi connectivity index (χ4v) is 2.59. The third-order valence-corrected chi connectivity index (χ3v) is 3.96. The van der Waals surface area contributed by atoms with Crippen LogP contribution in [0.1, 0.15) is 6.42 Å². The molecule has 1 fully saturated rings. The SMILES string of the molecule is CNC(=O)NC(=O)COC(=O)[C@H]1CC(=O)N(c2ccc(OC)cc2OC)C1. The predicted molar refractivity (Wildman–Crippen MR) is 93.6 cm³/mol. The quantitative estimate of drug-likeness (QED) is 0.670. The minimum atomic E-state index is -0.763. The van der Waals surface area contributed by atoms with Crippen molar-refractivity contribution in [2.24, 2.45) is 5.92 Å². The summed E-state index contributed by atoms with van der Waals surface area (Å²) in [7, 11) is 4.33. The Bertz CT molecular complexity index is 750. The molecule has 0 radical (unpaired) electrons. The van der Waals surface area contributed by atoms with E-state index in [-0.39, 0.29) is 18.9 Å². The maximum absolute atomic E-state index is 12.3. The monoisotopic (exact) mass is 379 g/mol. The molecular weight excluding hydrogens is 358 g/mol. The van der Waals surface area contributed by atoms with Crippen molar-refractivity contribution in [2.75, 3.05) is 39.3 Å². The maximum Gasteiger partial charge on any atom is 0.321 e. The lowest BCUT2D eigenvalue weighted by atomic mass is 10.1. The van der Waals surface area contributed by atoms with Gasteiger partial charge in [0.2, 0.25) is 5.91 Å². The summed E-state index contributed by atoms with van der Waals surface area (Å²) < 4.78 is 15.3. The van der Waals surface area contributed by atoms with Crippen molar-refractivity contribution in [3.63, 3.8) is 0 Å². The molecule has 4 amide bonds. The molecule has 0 bridgehead atoms. The number of urea groups is 1. The van der Waals surface area contributed by atoms with Gasteiger partial charge in [-0.2, -0.15) is 0 Å². The van der Waals surface area contributed by atoms with E-state index in [2.05, 4.69) is 5.32 Å².